The summed E-state index contributed by atoms with van der Waals surface area (Å²) in [5, 5.41) is 7.99. The van der Waals surface area contributed by atoms with Crippen molar-refractivity contribution in [2.75, 3.05) is 5.32 Å². The minimum Gasteiger partial charge on any atom is -0.480 e. The van der Waals surface area contributed by atoms with Gasteiger partial charge >= 0.3 is 0 Å². The summed E-state index contributed by atoms with van der Waals surface area (Å²) in [5.74, 6) is 1.24. The molecule has 0 bridgehead atoms. The van der Waals surface area contributed by atoms with Gasteiger partial charge in [-0.05, 0) is 54.1 Å². The Morgan fingerprint density at radius 3 is 1.98 bits per heavy atom. The fraction of sp³-hybridized carbons (Fsp3) is 0.0769. The van der Waals surface area contributed by atoms with Crippen LogP contribution in [0.1, 0.15) is 39.3 Å². The molecule has 2 N–H and O–H groups in total. The molecule has 0 saturated carbocycles. The number of hydrogen-bond acceptors (Lipinski definition) is 5. The Morgan fingerprint density at radius 1 is 0.696 bits per heavy atom. The molecule has 5 aromatic carbocycles. The van der Waals surface area contributed by atoms with Crippen LogP contribution >= 0.6 is 11.6 Å². The van der Waals surface area contributed by atoms with E-state index in [0.29, 0.717) is 22.8 Å². The maximum Gasteiger partial charge on any atom is 0.255 e. The maximum absolute atomic E-state index is 13.0. The van der Waals surface area contributed by atoms with Crippen LogP contribution in [0.3, 0.4) is 0 Å². The van der Waals surface area contributed by atoms with Crippen molar-refractivity contribution in [3.05, 3.63) is 179 Å². The van der Waals surface area contributed by atoms with E-state index in [4.69, 9.17) is 21.1 Å². The molecule has 2 atom stereocenters. The van der Waals surface area contributed by atoms with E-state index in [1.165, 1.54) is 0 Å². The molecule has 6 aromatic rings. The molecule has 46 heavy (non-hydrogen) atoms. The van der Waals surface area contributed by atoms with Crippen molar-refractivity contribution in [1.82, 2.24) is 10.3 Å². The summed E-state index contributed by atoms with van der Waals surface area (Å²) in [6, 6.07) is 44.6. The average molecular weight is 624 g/mol. The zero-order chi connectivity index (χ0) is 31.3. The lowest BCUT2D eigenvalue weighted by molar-refractivity contribution is 0.102. The molecule has 0 saturated heterocycles. The number of hydrogen-bond donors (Lipinski definition) is 2. The highest BCUT2D eigenvalue weighted by Crippen LogP contribution is 2.45. The second kappa shape index (κ2) is 13.2. The first-order valence-electron chi connectivity index (χ1n) is 15.0. The molecule has 1 aromatic heterocycles. The number of nitrogens with zero attached hydrogens (tertiary/aromatic N) is 1. The summed E-state index contributed by atoms with van der Waals surface area (Å²) < 4.78 is 13.0. The van der Waals surface area contributed by atoms with Gasteiger partial charge in [0.25, 0.3) is 5.91 Å². The second-order valence-corrected chi connectivity index (χ2v) is 11.3. The van der Waals surface area contributed by atoms with Crippen LogP contribution in [0.5, 0.6) is 11.5 Å². The third kappa shape index (κ3) is 6.29. The van der Waals surface area contributed by atoms with Gasteiger partial charge in [-0.2, -0.15) is 0 Å². The molecule has 0 radical (unpaired) electrons. The summed E-state index contributed by atoms with van der Waals surface area (Å²) in [6.45, 7) is 0.455. The lowest BCUT2D eigenvalue weighted by atomic mass is 9.89. The SMILES string of the molecule is O=C(Nc1cnc2ccccc2c1)c1ccc(CNC2=C(Cl)C(Oc3ccccc3)c3ccccc3C2Oc2ccccc2)cc1. The number of pyridine rings is 1. The largest absolute Gasteiger partial charge is 0.480 e. The van der Waals surface area contributed by atoms with Gasteiger partial charge < -0.3 is 20.1 Å². The Balaban J connectivity index is 1.12. The molecule has 1 aliphatic rings. The zero-order valence-corrected chi connectivity index (χ0v) is 25.5. The van der Waals surface area contributed by atoms with Crippen molar-refractivity contribution in [2.24, 2.45) is 0 Å². The summed E-state index contributed by atoms with van der Waals surface area (Å²) in [7, 11) is 0. The molecule has 226 valence electrons. The number of nitrogens with one attached hydrogen (secondary N) is 2. The predicted octanol–water partition coefficient (Wildman–Crippen LogP) is 8.98. The van der Waals surface area contributed by atoms with Gasteiger partial charge in [0.15, 0.2) is 12.2 Å². The van der Waals surface area contributed by atoms with Gasteiger partial charge in [-0.1, -0.05) is 103 Å². The molecule has 6 nitrogen and oxygen atoms in total. The van der Waals surface area contributed by atoms with Gasteiger partial charge in [0.1, 0.15) is 11.5 Å². The standard InChI is InChI=1S/C39H30ClN3O3/c40-35-36(42-24-26-19-21-27(22-20-26)39(44)43-29-23-28-11-7-10-18-34(28)41-25-29)38(46-31-14-5-2-6-15-31)33-17-9-8-16-32(33)37(35)45-30-12-3-1-4-13-30/h1-23,25,37-38,42H,24H2,(H,43,44). The second-order valence-electron chi connectivity index (χ2n) is 10.9. The first kappa shape index (κ1) is 29.1. The van der Waals surface area contributed by atoms with Crippen LogP contribution in [0.2, 0.25) is 0 Å². The molecule has 1 amide bonds. The van der Waals surface area contributed by atoms with E-state index >= 15 is 0 Å². The van der Waals surface area contributed by atoms with Crippen molar-refractivity contribution in [2.45, 2.75) is 18.8 Å². The zero-order valence-electron chi connectivity index (χ0n) is 24.8. The fourth-order valence-corrected chi connectivity index (χ4v) is 5.87. The van der Waals surface area contributed by atoms with Crippen LogP contribution in [-0.2, 0) is 6.54 Å². The van der Waals surface area contributed by atoms with Gasteiger partial charge in [0.2, 0.25) is 0 Å². The summed E-state index contributed by atoms with van der Waals surface area (Å²) in [6.07, 6.45) is 0.664. The van der Waals surface area contributed by atoms with Gasteiger partial charge in [-0.3, -0.25) is 9.78 Å². The van der Waals surface area contributed by atoms with E-state index in [9.17, 15) is 4.79 Å². The van der Waals surface area contributed by atoms with E-state index in [1.54, 1.807) is 6.20 Å². The summed E-state index contributed by atoms with van der Waals surface area (Å²) >= 11 is 7.19. The Kier molecular flexibility index (Phi) is 8.35. The van der Waals surface area contributed by atoms with E-state index in [2.05, 4.69) is 15.6 Å². The van der Waals surface area contributed by atoms with E-state index in [-0.39, 0.29) is 5.91 Å². The monoisotopic (exact) mass is 623 g/mol. The number of aromatic nitrogens is 1. The smallest absolute Gasteiger partial charge is 0.255 e. The quantitative estimate of drug-likeness (QED) is 0.168. The Hall–Kier alpha value is -5.59. The molecule has 1 aliphatic carbocycles. The van der Waals surface area contributed by atoms with Gasteiger partial charge in [0, 0.05) is 28.6 Å². The number of benzene rings is 5. The number of carbonyl (C=O) groups is 1. The lowest BCUT2D eigenvalue weighted by Crippen LogP contribution is -2.31. The molecule has 7 heteroatoms. The van der Waals surface area contributed by atoms with Gasteiger partial charge in [0.05, 0.1) is 28.1 Å². The van der Waals surface area contributed by atoms with Crippen molar-refractivity contribution >= 4 is 34.1 Å². The normalized spacial score (nSPS) is 15.6. The van der Waals surface area contributed by atoms with Crippen LogP contribution in [0.4, 0.5) is 5.69 Å². The predicted molar refractivity (Wildman–Crippen MR) is 182 cm³/mol. The summed E-state index contributed by atoms with van der Waals surface area (Å²) in [5.41, 5.74) is 5.67. The van der Waals surface area contributed by atoms with Crippen molar-refractivity contribution < 1.29 is 14.3 Å². The average Bonchev–Trinajstić information content (AvgIpc) is 3.11. The Bertz CT molecular complexity index is 2010. The topological polar surface area (TPSA) is 72.5 Å². The minimum atomic E-state index is -0.519. The van der Waals surface area contributed by atoms with Crippen LogP contribution in [0.25, 0.3) is 10.9 Å². The Morgan fingerprint density at radius 2 is 1.28 bits per heavy atom. The molecule has 0 spiro atoms. The van der Waals surface area contributed by atoms with Crippen molar-refractivity contribution in [3.63, 3.8) is 0 Å². The number of fused-ring (bicyclic) bond motifs is 2. The highest BCUT2D eigenvalue weighted by Gasteiger charge is 2.36. The number of para-hydroxylation sites is 3. The molecule has 2 unspecified atom stereocenters. The maximum atomic E-state index is 13.0. The van der Waals surface area contributed by atoms with Crippen LogP contribution in [0, 0.1) is 0 Å². The minimum absolute atomic E-state index is 0.205. The van der Waals surface area contributed by atoms with Gasteiger partial charge in [-0.15, -0.1) is 0 Å². The first-order valence-corrected chi connectivity index (χ1v) is 15.4. The third-order valence-corrected chi connectivity index (χ3v) is 8.25. The van der Waals surface area contributed by atoms with E-state index in [0.717, 1.165) is 44.8 Å². The lowest BCUT2D eigenvalue weighted by Gasteiger charge is -2.34. The number of halogens is 1. The third-order valence-electron chi connectivity index (χ3n) is 7.85. The molecule has 0 fully saturated rings. The van der Waals surface area contributed by atoms with E-state index in [1.807, 2.05) is 140 Å². The summed E-state index contributed by atoms with van der Waals surface area (Å²) in [4.78, 5) is 17.5. The van der Waals surface area contributed by atoms with E-state index < -0.39 is 12.2 Å². The number of carbonyl (C=O) groups excluding carboxylic acids is 1. The van der Waals surface area contributed by atoms with Crippen molar-refractivity contribution in [3.8, 4) is 11.5 Å². The molecule has 0 aliphatic heterocycles. The molecular formula is C39H30ClN3O3. The van der Waals surface area contributed by atoms with Crippen LogP contribution < -0.4 is 20.1 Å². The fourth-order valence-electron chi connectivity index (χ4n) is 5.55. The number of amides is 1. The molecule has 1 heterocycles. The number of rotatable bonds is 9. The van der Waals surface area contributed by atoms with Gasteiger partial charge in [-0.25, -0.2) is 0 Å². The highest BCUT2D eigenvalue weighted by atomic mass is 35.5. The Labute approximate surface area is 272 Å². The molecule has 7 rings (SSSR count). The number of anilines is 1. The van der Waals surface area contributed by atoms with Crippen LogP contribution in [-0.4, -0.2) is 10.9 Å². The highest BCUT2D eigenvalue weighted by molar-refractivity contribution is 6.30. The van der Waals surface area contributed by atoms with Crippen molar-refractivity contribution in [1.29, 1.82) is 0 Å². The molecular weight excluding hydrogens is 594 g/mol. The van der Waals surface area contributed by atoms with Crippen LogP contribution in [0.15, 0.2) is 156 Å². The first-order chi connectivity index (χ1) is 22.6. The number of ether oxygens (including phenoxy) is 2.